The topological polar surface area (TPSA) is 0 Å². The molecule has 13 heavy (non-hydrogen) atoms. The maximum Gasteiger partial charge on any atom is -0.0297 e. The highest BCUT2D eigenvalue weighted by molar-refractivity contribution is 4.92. The van der Waals surface area contributed by atoms with Gasteiger partial charge in [0.1, 0.15) is 0 Å². The van der Waals surface area contributed by atoms with Gasteiger partial charge in [0, 0.05) is 0 Å². The Morgan fingerprint density at radius 3 is 2.38 bits per heavy atom. The predicted molar refractivity (Wildman–Crippen MR) is 59.7 cm³/mol. The second-order valence-corrected chi connectivity index (χ2v) is 5.64. The van der Waals surface area contributed by atoms with Crippen LogP contribution < -0.4 is 0 Å². The molecule has 0 amide bonds. The Bertz CT molecular complexity index is 159. The Morgan fingerprint density at radius 1 is 1.38 bits per heavy atom. The molecule has 1 aliphatic carbocycles. The highest BCUT2D eigenvalue weighted by Crippen LogP contribution is 2.51. The van der Waals surface area contributed by atoms with Crippen molar-refractivity contribution in [1.82, 2.24) is 0 Å². The fourth-order valence-electron chi connectivity index (χ4n) is 3.33. The molecule has 3 unspecified atom stereocenters. The van der Waals surface area contributed by atoms with Crippen LogP contribution in [-0.2, 0) is 0 Å². The first-order chi connectivity index (χ1) is 6.01. The maximum atomic E-state index is 2.50. The van der Waals surface area contributed by atoms with E-state index in [-0.39, 0.29) is 0 Å². The summed E-state index contributed by atoms with van der Waals surface area (Å²) in [5.74, 6) is 2.80. The first kappa shape index (κ1) is 11.1. The van der Waals surface area contributed by atoms with Gasteiger partial charge in [-0.3, -0.25) is 0 Å². The van der Waals surface area contributed by atoms with E-state index in [1.807, 2.05) is 0 Å². The molecule has 0 bridgehead atoms. The smallest absolute Gasteiger partial charge is 0.0297 e. The van der Waals surface area contributed by atoms with Crippen molar-refractivity contribution in [3.63, 3.8) is 0 Å². The van der Waals surface area contributed by atoms with Gasteiger partial charge in [-0.2, -0.15) is 0 Å². The molecule has 0 aromatic carbocycles. The summed E-state index contributed by atoms with van der Waals surface area (Å²) in [5.41, 5.74) is 0.656. The summed E-state index contributed by atoms with van der Waals surface area (Å²) in [7, 11) is 0. The molecule has 1 rings (SSSR count). The molecule has 0 heteroatoms. The van der Waals surface area contributed by atoms with Crippen molar-refractivity contribution in [2.45, 2.75) is 60.3 Å². The van der Waals surface area contributed by atoms with Gasteiger partial charge >= 0.3 is 0 Å². The van der Waals surface area contributed by atoms with Crippen LogP contribution in [0.15, 0.2) is 0 Å². The minimum absolute atomic E-state index is 0.656. The van der Waals surface area contributed by atoms with Crippen molar-refractivity contribution in [2.75, 3.05) is 0 Å². The van der Waals surface area contributed by atoms with E-state index in [0.29, 0.717) is 5.41 Å². The Morgan fingerprint density at radius 2 is 2.00 bits per heavy atom. The standard InChI is InChI=1S/C13H26/c1-6-8-13(5)9-7-12(10(2)3)11(13)4/h10-12H,6-9H2,1-5H3. The van der Waals surface area contributed by atoms with Crippen molar-refractivity contribution >= 4 is 0 Å². The molecule has 3 atom stereocenters. The van der Waals surface area contributed by atoms with Crippen LogP contribution in [-0.4, -0.2) is 0 Å². The molecule has 0 aromatic rings. The Labute approximate surface area is 84.1 Å². The fraction of sp³-hybridized carbons (Fsp3) is 1.00. The monoisotopic (exact) mass is 182 g/mol. The minimum atomic E-state index is 0.656. The molecular weight excluding hydrogens is 156 g/mol. The zero-order valence-corrected chi connectivity index (χ0v) is 10.1. The first-order valence-corrected chi connectivity index (χ1v) is 6.01. The van der Waals surface area contributed by atoms with E-state index >= 15 is 0 Å². The molecule has 0 aromatic heterocycles. The number of hydrogen-bond donors (Lipinski definition) is 0. The van der Waals surface area contributed by atoms with Gasteiger partial charge in [-0.05, 0) is 42.4 Å². The Hall–Kier alpha value is 0. The van der Waals surface area contributed by atoms with Crippen LogP contribution in [0.2, 0.25) is 0 Å². The van der Waals surface area contributed by atoms with Gasteiger partial charge < -0.3 is 0 Å². The van der Waals surface area contributed by atoms with Crippen LogP contribution >= 0.6 is 0 Å². The largest absolute Gasteiger partial charge is 0.0654 e. The quantitative estimate of drug-likeness (QED) is 0.603. The second kappa shape index (κ2) is 4.02. The Kier molecular flexibility index (Phi) is 3.43. The minimum Gasteiger partial charge on any atom is -0.0654 e. The summed E-state index contributed by atoms with van der Waals surface area (Å²) in [5, 5.41) is 0. The summed E-state index contributed by atoms with van der Waals surface area (Å²) in [4.78, 5) is 0. The van der Waals surface area contributed by atoms with Crippen LogP contribution in [0.3, 0.4) is 0 Å². The van der Waals surface area contributed by atoms with E-state index in [1.165, 1.54) is 25.7 Å². The SMILES string of the molecule is CCCC1(C)CCC(C(C)C)C1C. The van der Waals surface area contributed by atoms with Gasteiger partial charge in [-0.25, -0.2) is 0 Å². The lowest BCUT2D eigenvalue weighted by Crippen LogP contribution is -2.24. The number of rotatable bonds is 3. The predicted octanol–water partition coefficient (Wildman–Crippen LogP) is 4.49. The lowest BCUT2D eigenvalue weighted by atomic mass is 9.73. The molecule has 0 saturated heterocycles. The summed E-state index contributed by atoms with van der Waals surface area (Å²) in [6, 6.07) is 0. The third kappa shape index (κ3) is 2.08. The van der Waals surface area contributed by atoms with Crippen molar-refractivity contribution in [3.8, 4) is 0 Å². The summed E-state index contributed by atoms with van der Waals surface area (Å²) < 4.78 is 0. The van der Waals surface area contributed by atoms with E-state index in [1.54, 1.807) is 0 Å². The van der Waals surface area contributed by atoms with E-state index in [0.717, 1.165) is 17.8 Å². The molecule has 0 aliphatic heterocycles. The van der Waals surface area contributed by atoms with Gasteiger partial charge in [0.25, 0.3) is 0 Å². The van der Waals surface area contributed by atoms with E-state index in [4.69, 9.17) is 0 Å². The highest BCUT2D eigenvalue weighted by atomic mass is 14.5. The van der Waals surface area contributed by atoms with Crippen LogP contribution in [0.1, 0.15) is 60.3 Å². The normalized spacial score (nSPS) is 40.2. The van der Waals surface area contributed by atoms with Crippen molar-refractivity contribution < 1.29 is 0 Å². The molecular formula is C13H26. The van der Waals surface area contributed by atoms with Gasteiger partial charge in [0.2, 0.25) is 0 Å². The molecule has 0 heterocycles. The molecule has 0 radical (unpaired) electrons. The van der Waals surface area contributed by atoms with Crippen molar-refractivity contribution in [1.29, 1.82) is 0 Å². The third-order valence-corrected chi connectivity index (χ3v) is 4.47. The summed E-state index contributed by atoms with van der Waals surface area (Å²) in [6.07, 6.45) is 5.71. The molecule has 1 saturated carbocycles. The molecule has 0 nitrogen and oxygen atoms in total. The molecule has 0 N–H and O–H groups in total. The first-order valence-electron chi connectivity index (χ1n) is 6.01. The van der Waals surface area contributed by atoms with Crippen LogP contribution in [0.4, 0.5) is 0 Å². The van der Waals surface area contributed by atoms with Crippen LogP contribution in [0.5, 0.6) is 0 Å². The average Bonchev–Trinajstić information content (AvgIpc) is 2.30. The van der Waals surface area contributed by atoms with Crippen molar-refractivity contribution in [3.05, 3.63) is 0 Å². The lowest BCUT2D eigenvalue weighted by molar-refractivity contribution is 0.171. The van der Waals surface area contributed by atoms with Gasteiger partial charge in [0.15, 0.2) is 0 Å². The fourth-order valence-corrected chi connectivity index (χ4v) is 3.33. The molecule has 1 aliphatic rings. The summed E-state index contributed by atoms with van der Waals surface area (Å²) in [6.45, 7) is 12.1. The molecule has 78 valence electrons. The second-order valence-electron chi connectivity index (χ2n) is 5.64. The Balaban J connectivity index is 2.63. The van der Waals surface area contributed by atoms with E-state index in [2.05, 4.69) is 34.6 Å². The highest BCUT2D eigenvalue weighted by Gasteiger charge is 2.42. The van der Waals surface area contributed by atoms with Gasteiger partial charge in [-0.15, -0.1) is 0 Å². The zero-order valence-electron chi connectivity index (χ0n) is 10.1. The third-order valence-electron chi connectivity index (χ3n) is 4.47. The average molecular weight is 182 g/mol. The molecule has 1 fully saturated rings. The zero-order chi connectivity index (χ0) is 10.1. The van der Waals surface area contributed by atoms with Gasteiger partial charge in [0.05, 0.1) is 0 Å². The van der Waals surface area contributed by atoms with Crippen LogP contribution in [0, 0.1) is 23.2 Å². The summed E-state index contributed by atoms with van der Waals surface area (Å²) >= 11 is 0. The number of hydrogen-bond acceptors (Lipinski definition) is 0. The maximum absolute atomic E-state index is 2.50. The van der Waals surface area contributed by atoms with E-state index < -0.39 is 0 Å². The van der Waals surface area contributed by atoms with E-state index in [9.17, 15) is 0 Å². The van der Waals surface area contributed by atoms with Gasteiger partial charge in [-0.1, -0.05) is 41.0 Å². The van der Waals surface area contributed by atoms with Crippen molar-refractivity contribution in [2.24, 2.45) is 23.2 Å². The lowest BCUT2D eigenvalue weighted by Gasteiger charge is -2.32. The van der Waals surface area contributed by atoms with Crippen LogP contribution in [0.25, 0.3) is 0 Å². The molecule has 0 spiro atoms.